The smallest absolute Gasteiger partial charge is 0.246 e. The number of amides is 2. The van der Waals surface area contributed by atoms with E-state index < -0.39 is 6.04 Å². The number of anilines is 2. The molecule has 0 aromatic heterocycles. The van der Waals surface area contributed by atoms with Crippen molar-refractivity contribution in [1.29, 1.82) is 0 Å². The number of hydrogen-bond acceptors (Lipinski definition) is 4. The predicted octanol–water partition coefficient (Wildman–Crippen LogP) is 4.56. The van der Waals surface area contributed by atoms with E-state index in [9.17, 15) is 9.59 Å². The molecule has 0 aliphatic carbocycles. The molecule has 6 nitrogen and oxygen atoms in total. The van der Waals surface area contributed by atoms with Gasteiger partial charge >= 0.3 is 0 Å². The second-order valence-corrected chi connectivity index (χ2v) is 7.75. The predicted molar refractivity (Wildman–Crippen MR) is 128 cm³/mol. The van der Waals surface area contributed by atoms with Gasteiger partial charge in [0, 0.05) is 17.4 Å². The van der Waals surface area contributed by atoms with Crippen molar-refractivity contribution in [3.05, 3.63) is 89.5 Å². The molecule has 0 spiro atoms. The van der Waals surface area contributed by atoms with E-state index in [1.54, 1.807) is 31.2 Å². The number of aryl methyl sites for hydroxylation is 1. The zero-order valence-corrected chi connectivity index (χ0v) is 18.9. The minimum absolute atomic E-state index is 0.0540. The van der Waals surface area contributed by atoms with Crippen LogP contribution in [0, 0.1) is 13.8 Å². The zero-order chi connectivity index (χ0) is 23.1. The summed E-state index contributed by atoms with van der Waals surface area (Å²) in [6, 6.07) is 21.8. The molecule has 3 aromatic rings. The van der Waals surface area contributed by atoms with Crippen LogP contribution in [0.1, 0.15) is 22.7 Å². The van der Waals surface area contributed by atoms with E-state index in [0.29, 0.717) is 11.4 Å². The van der Waals surface area contributed by atoms with Gasteiger partial charge in [0.1, 0.15) is 11.8 Å². The molecule has 0 bridgehead atoms. The van der Waals surface area contributed by atoms with Crippen LogP contribution < -0.4 is 15.4 Å². The molecular weight excluding hydrogens is 402 g/mol. The summed E-state index contributed by atoms with van der Waals surface area (Å²) in [5, 5.41) is 5.91. The molecule has 3 aromatic carbocycles. The number of nitrogens with one attached hydrogen (secondary N) is 2. The van der Waals surface area contributed by atoms with Crippen molar-refractivity contribution in [3.8, 4) is 5.75 Å². The highest BCUT2D eigenvalue weighted by Gasteiger charge is 2.27. The average Bonchev–Trinajstić information content (AvgIpc) is 2.78. The lowest BCUT2D eigenvalue weighted by molar-refractivity contribution is -0.123. The van der Waals surface area contributed by atoms with Crippen molar-refractivity contribution in [2.75, 3.05) is 31.3 Å². The fourth-order valence-corrected chi connectivity index (χ4v) is 3.55. The molecule has 0 aliphatic rings. The van der Waals surface area contributed by atoms with Gasteiger partial charge in [-0.25, -0.2) is 0 Å². The minimum atomic E-state index is -0.647. The lowest BCUT2D eigenvalue weighted by Crippen LogP contribution is -2.39. The Balaban J connectivity index is 1.78. The maximum atomic E-state index is 13.3. The fraction of sp³-hybridized carbons (Fsp3) is 0.231. The van der Waals surface area contributed by atoms with Crippen molar-refractivity contribution >= 4 is 23.2 Å². The standard InChI is InChI=1S/C26H29N3O3/c1-18-10-8-15-23(19(18)2)28-24(30)17-29(3)25(20-11-6-5-7-12-20)26(31)27-21-13-9-14-22(16-21)32-4/h5-16,25H,17H2,1-4H3,(H,27,31)(H,28,30). The molecule has 1 unspecified atom stereocenters. The third kappa shape index (κ3) is 5.74. The Morgan fingerprint density at radius 2 is 1.66 bits per heavy atom. The molecule has 3 rings (SSSR count). The largest absolute Gasteiger partial charge is 0.497 e. The van der Waals surface area contributed by atoms with E-state index in [1.807, 2.05) is 74.5 Å². The van der Waals surface area contributed by atoms with Crippen molar-refractivity contribution in [2.45, 2.75) is 19.9 Å². The first-order chi connectivity index (χ1) is 15.4. The van der Waals surface area contributed by atoms with E-state index >= 15 is 0 Å². The lowest BCUT2D eigenvalue weighted by atomic mass is 10.0. The number of ether oxygens (including phenoxy) is 1. The van der Waals surface area contributed by atoms with E-state index in [0.717, 1.165) is 22.4 Å². The number of carbonyl (C=O) groups excluding carboxylic acids is 2. The number of rotatable bonds is 8. The molecular formula is C26H29N3O3. The first kappa shape index (κ1) is 23.0. The van der Waals surface area contributed by atoms with E-state index in [4.69, 9.17) is 4.74 Å². The fourth-order valence-electron chi connectivity index (χ4n) is 3.55. The molecule has 0 saturated carbocycles. The van der Waals surface area contributed by atoms with Crippen LogP contribution in [0.4, 0.5) is 11.4 Å². The first-order valence-corrected chi connectivity index (χ1v) is 10.4. The number of carbonyl (C=O) groups is 2. The molecule has 2 amide bonds. The van der Waals surface area contributed by atoms with Gasteiger partial charge in [-0.15, -0.1) is 0 Å². The number of hydrogen-bond donors (Lipinski definition) is 2. The Labute approximate surface area is 189 Å². The highest BCUT2D eigenvalue weighted by molar-refractivity contribution is 5.97. The van der Waals surface area contributed by atoms with Crippen LogP contribution in [0.2, 0.25) is 0 Å². The lowest BCUT2D eigenvalue weighted by Gasteiger charge is -2.27. The summed E-state index contributed by atoms with van der Waals surface area (Å²) in [6.45, 7) is 4.03. The van der Waals surface area contributed by atoms with Gasteiger partial charge in [0.05, 0.1) is 13.7 Å². The SMILES string of the molecule is COc1cccc(NC(=O)C(c2ccccc2)N(C)CC(=O)Nc2cccc(C)c2C)c1. The van der Waals surface area contributed by atoms with E-state index in [2.05, 4.69) is 10.6 Å². The summed E-state index contributed by atoms with van der Waals surface area (Å²) < 4.78 is 5.24. The monoisotopic (exact) mass is 431 g/mol. The quantitative estimate of drug-likeness (QED) is 0.548. The molecule has 0 saturated heterocycles. The van der Waals surface area contributed by atoms with Crippen LogP contribution >= 0.6 is 0 Å². The topological polar surface area (TPSA) is 70.7 Å². The van der Waals surface area contributed by atoms with Crippen LogP contribution in [-0.4, -0.2) is 37.4 Å². The summed E-state index contributed by atoms with van der Waals surface area (Å²) >= 11 is 0. The summed E-state index contributed by atoms with van der Waals surface area (Å²) in [4.78, 5) is 27.8. The van der Waals surface area contributed by atoms with Gasteiger partial charge in [0.15, 0.2) is 0 Å². The number of nitrogens with zero attached hydrogens (tertiary/aromatic N) is 1. The highest BCUT2D eigenvalue weighted by Crippen LogP contribution is 2.24. The van der Waals surface area contributed by atoms with Crippen LogP contribution in [0.3, 0.4) is 0 Å². The molecule has 0 aliphatic heterocycles. The van der Waals surface area contributed by atoms with Crippen molar-refractivity contribution in [3.63, 3.8) is 0 Å². The van der Waals surface area contributed by atoms with Crippen molar-refractivity contribution < 1.29 is 14.3 Å². The molecule has 0 heterocycles. The molecule has 166 valence electrons. The van der Waals surface area contributed by atoms with Crippen LogP contribution in [-0.2, 0) is 9.59 Å². The first-order valence-electron chi connectivity index (χ1n) is 10.4. The Kier molecular flexibility index (Phi) is 7.63. The third-order valence-corrected chi connectivity index (χ3v) is 5.41. The summed E-state index contributed by atoms with van der Waals surface area (Å²) in [6.07, 6.45) is 0. The maximum absolute atomic E-state index is 13.3. The second kappa shape index (κ2) is 10.6. The number of likely N-dealkylation sites (N-methyl/N-ethyl adjacent to an activating group) is 1. The van der Waals surface area contributed by atoms with Gasteiger partial charge in [0.25, 0.3) is 0 Å². The minimum Gasteiger partial charge on any atom is -0.497 e. The average molecular weight is 432 g/mol. The number of methoxy groups -OCH3 is 1. The van der Waals surface area contributed by atoms with Crippen molar-refractivity contribution in [2.24, 2.45) is 0 Å². The molecule has 32 heavy (non-hydrogen) atoms. The number of benzene rings is 3. The van der Waals surface area contributed by atoms with Crippen LogP contribution in [0.5, 0.6) is 5.75 Å². The molecule has 6 heteroatoms. The van der Waals surface area contributed by atoms with Gasteiger partial charge in [-0.1, -0.05) is 48.5 Å². The molecule has 0 fully saturated rings. The van der Waals surface area contributed by atoms with Gasteiger partial charge in [-0.2, -0.15) is 0 Å². The van der Waals surface area contributed by atoms with Gasteiger partial charge < -0.3 is 15.4 Å². The van der Waals surface area contributed by atoms with E-state index in [-0.39, 0.29) is 18.4 Å². The van der Waals surface area contributed by atoms with Gasteiger partial charge in [-0.05, 0) is 55.8 Å². The van der Waals surface area contributed by atoms with Crippen molar-refractivity contribution in [1.82, 2.24) is 4.90 Å². The normalized spacial score (nSPS) is 11.7. The molecule has 2 N–H and O–H groups in total. The summed E-state index contributed by atoms with van der Waals surface area (Å²) in [5.74, 6) is 0.239. The summed E-state index contributed by atoms with van der Waals surface area (Å²) in [7, 11) is 3.35. The van der Waals surface area contributed by atoms with Crippen LogP contribution in [0.25, 0.3) is 0 Å². The van der Waals surface area contributed by atoms with Crippen LogP contribution in [0.15, 0.2) is 72.8 Å². The second-order valence-electron chi connectivity index (χ2n) is 7.75. The highest BCUT2D eigenvalue weighted by atomic mass is 16.5. The Morgan fingerprint density at radius 3 is 2.38 bits per heavy atom. The molecule has 0 radical (unpaired) electrons. The van der Waals surface area contributed by atoms with E-state index in [1.165, 1.54) is 0 Å². The zero-order valence-electron chi connectivity index (χ0n) is 18.9. The van der Waals surface area contributed by atoms with Gasteiger partial charge in [0.2, 0.25) is 11.8 Å². The summed E-state index contributed by atoms with van der Waals surface area (Å²) in [5.41, 5.74) is 4.34. The Bertz CT molecular complexity index is 1080. The Hall–Kier alpha value is -3.64. The maximum Gasteiger partial charge on any atom is 0.246 e. The Morgan fingerprint density at radius 1 is 0.938 bits per heavy atom. The molecule has 1 atom stereocenters. The van der Waals surface area contributed by atoms with Gasteiger partial charge in [-0.3, -0.25) is 14.5 Å². The third-order valence-electron chi connectivity index (χ3n) is 5.41.